The molecule has 9 heteroatoms. The van der Waals surface area contributed by atoms with E-state index in [1.54, 1.807) is 12.7 Å². The van der Waals surface area contributed by atoms with Gasteiger partial charge >= 0.3 is 0 Å². The van der Waals surface area contributed by atoms with Gasteiger partial charge < -0.3 is 15.4 Å². The van der Waals surface area contributed by atoms with Crippen LogP contribution in [0.25, 0.3) is 0 Å². The topological polar surface area (TPSA) is 79.6 Å². The summed E-state index contributed by atoms with van der Waals surface area (Å²) in [6.45, 7) is 13.4. The van der Waals surface area contributed by atoms with E-state index in [-0.39, 0.29) is 24.0 Å². The number of aliphatic imine (C=N–C) groups is 1. The highest BCUT2D eigenvalue weighted by Crippen LogP contribution is 2.13. The smallest absolute Gasteiger partial charge is 0.191 e. The number of morpholine rings is 1. The molecule has 0 radical (unpaired) electrons. The monoisotopic (exact) mass is 555 g/mol. The molecule has 0 aliphatic carbocycles. The van der Waals surface area contributed by atoms with Gasteiger partial charge in [-0.15, -0.1) is 24.0 Å². The summed E-state index contributed by atoms with van der Waals surface area (Å²) in [5.74, 6) is 1.52. The number of rotatable bonds is 10. The summed E-state index contributed by atoms with van der Waals surface area (Å²) in [7, 11) is 0. The summed E-state index contributed by atoms with van der Waals surface area (Å²) in [4.78, 5) is 11.4. The lowest BCUT2D eigenvalue weighted by Gasteiger charge is -2.35. The summed E-state index contributed by atoms with van der Waals surface area (Å²) in [6.07, 6.45) is 4.46. The molecular formula is C23H38IN7O. The van der Waals surface area contributed by atoms with Crippen molar-refractivity contribution in [2.75, 3.05) is 39.4 Å². The van der Waals surface area contributed by atoms with Crippen LogP contribution in [0, 0.1) is 5.92 Å². The summed E-state index contributed by atoms with van der Waals surface area (Å²) < 4.78 is 7.37. The Balaban J connectivity index is 0.00000363. The van der Waals surface area contributed by atoms with Crippen LogP contribution in [0.3, 0.4) is 0 Å². The molecule has 2 heterocycles. The van der Waals surface area contributed by atoms with Crippen LogP contribution in [0.4, 0.5) is 0 Å². The van der Waals surface area contributed by atoms with Crippen molar-refractivity contribution in [3.63, 3.8) is 0 Å². The lowest BCUT2D eigenvalue weighted by Crippen LogP contribution is -2.51. The number of benzene rings is 1. The Morgan fingerprint density at radius 1 is 1.19 bits per heavy atom. The minimum absolute atomic E-state index is 0. The number of hydrogen-bond donors (Lipinski definition) is 2. The standard InChI is InChI=1S/C23H37N7O.HI/c1-4-25-23(27-15-22(12-19(2)3)29-8-10-31-11-9-29)26-14-20-6-5-7-21(13-20)16-30-18-24-17-28-30;/h5-7,13,17-19,22H,4,8-12,14-16H2,1-3H3,(H2,25,26,27);1H. The van der Waals surface area contributed by atoms with Crippen molar-refractivity contribution in [1.29, 1.82) is 0 Å². The highest BCUT2D eigenvalue weighted by molar-refractivity contribution is 14.0. The summed E-state index contributed by atoms with van der Waals surface area (Å²) in [6, 6.07) is 8.97. The molecular weight excluding hydrogens is 517 g/mol. The van der Waals surface area contributed by atoms with E-state index in [0.29, 0.717) is 25.0 Å². The zero-order valence-corrected chi connectivity index (χ0v) is 21.9. The molecule has 1 atom stereocenters. The van der Waals surface area contributed by atoms with E-state index in [1.807, 2.05) is 4.68 Å². The fraction of sp³-hybridized carbons (Fsp3) is 0.609. The van der Waals surface area contributed by atoms with Crippen LogP contribution < -0.4 is 10.6 Å². The van der Waals surface area contributed by atoms with Crippen LogP contribution >= 0.6 is 24.0 Å². The highest BCUT2D eigenvalue weighted by Gasteiger charge is 2.22. The first kappa shape index (κ1) is 26.5. The van der Waals surface area contributed by atoms with Gasteiger partial charge in [-0.2, -0.15) is 5.10 Å². The van der Waals surface area contributed by atoms with Gasteiger partial charge in [0.05, 0.1) is 26.3 Å². The number of hydrogen-bond acceptors (Lipinski definition) is 5. The fourth-order valence-corrected chi connectivity index (χ4v) is 3.90. The van der Waals surface area contributed by atoms with Gasteiger partial charge in [0.25, 0.3) is 0 Å². The third kappa shape index (κ3) is 9.03. The van der Waals surface area contributed by atoms with Gasteiger partial charge in [0.1, 0.15) is 12.7 Å². The second kappa shape index (κ2) is 14.4. The number of ether oxygens (including phenoxy) is 1. The molecule has 1 saturated heterocycles. The largest absolute Gasteiger partial charge is 0.379 e. The molecule has 32 heavy (non-hydrogen) atoms. The first-order valence-corrected chi connectivity index (χ1v) is 11.4. The van der Waals surface area contributed by atoms with E-state index in [1.165, 1.54) is 11.1 Å². The predicted molar refractivity (Wildman–Crippen MR) is 139 cm³/mol. The highest BCUT2D eigenvalue weighted by atomic mass is 127. The minimum atomic E-state index is 0. The Hall–Kier alpha value is -1.72. The van der Waals surface area contributed by atoms with Gasteiger partial charge in [-0.05, 0) is 30.4 Å². The van der Waals surface area contributed by atoms with Gasteiger partial charge in [0.15, 0.2) is 5.96 Å². The molecule has 1 aliphatic rings. The summed E-state index contributed by atoms with van der Waals surface area (Å²) >= 11 is 0. The van der Waals surface area contributed by atoms with E-state index in [0.717, 1.165) is 51.8 Å². The molecule has 1 unspecified atom stereocenters. The number of nitrogens with one attached hydrogen (secondary N) is 2. The first-order valence-electron chi connectivity index (χ1n) is 11.4. The molecule has 1 aromatic heterocycles. The zero-order valence-electron chi connectivity index (χ0n) is 19.5. The molecule has 2 aromatic rings. The summed E-state index contributed by atoms with van der Waals surface area (Å²) in [5, 5.41) is 11.2. The van der Waals surface area contributed by atoms with Crippen LogP contribution in [0.2, 0.25) is 0 Å². The minimum Gasteiger partial charge on any atom is -0.379 e. The molecule has 0 spiro atoms. The van der Waals surface area contributed by atoms with E-state index in [9.17, 15) is 0 Å². The third-order valence-electron chi connectivity index (χ3n) is 5.38. The van der Waals surface area contributed by atoms with Gasteiger partial charge in [-0.3, -0.25) is 4.90 Å². The molecule has 2 N–H and O–H groups in total. The van der Waals surface area contributed by atoms with Crippen molar-refractivity contribution in [3.05, 3.63) is 48.0 Å². The quantitative estimate of drug-likeness (QED) is 0.267. The Bertz CT molecular complexity index is 791. The molecule has 0 saturated carbocycles. The first-order chi connectivity index (χ1) is 15.1. The number of halogens is 1. The molecule has 3 rings (SSSR count). The van der Waals surface area contributed by atoms with Crippen LogP contribution in [0.5, 0.6) is 0 Å². The molecule has 1 aliphatic heterocycles. The van der Waals surface area contributed by atoms with Gasteiger partial charge in [0.2, 0.25) is 0 Å². The SMILES string of the molecule is CCNC(=NCc1cccc(Cn2cncn2)c1)NCC(CC(C)C)N1CCOCC1.I. The second-order valence-corrected chi connectivity index (χ2v) is 8.42. The van der Waals surface area contributed by atoms with Crippen LogP contribution in [0.1, 0.15) is 38.3 Å². The lowest BCUT2D eigenvalue weighted by molar-refractivity contribution is 0.0132. The van der Waals surface area contributed by atoms with Crippen molar-refractivity contribution in [3.8, 4) is 0 Å². The molecule has 1 fully saturated rings. The molecule has 178 valence electrons. The van der Waals surface area contributed by atoms with Gasteiger partial charge in [-0.25, -0.2) is 14.7 Å². The fourth-order valence-electron chi connectivity index (χ4n) is 3.90. The Morgan fingerprint density at radius 3 is 2.66 bits per heavy atom. The zero-order chi connectivity index (χ0) is 21.9. The van der Waals surface area contributed by atoms with Crippen molar-refractivity contribution in [2.45, 2.75) is 46.3 Å². The van der Waals surface area contributed by atoms with Gasteiger partial charge in [0, 0.05) is 32.2 Å². The van der Waals surface area contributed by atoms with E-state index < -0.39 is 0 Å². The Morgan fingerprint density at radius 2 is 1.97 bits per heavy atom. The number of nitrogens with zero attached hydrogens (tertiary/aromatic N) is 5. The predicted octanol–water partition coefficient (Wildman–Crippen LogP) is 2.75. The Labute approximate surface area is 209 Å². The van der Waals surface area contributed by atoms with Crippen molar-refractivity contribution in [2.24, 2.45) is 10.9 Å². The molecule has 1 aromatic carbocycles. The van der Waals surface area contributed by atoms with E-state index in [4.69, 9.17) is 9.73 Å². The number of guanidine groups is 1. The molecule has 8 nitrogen and oxygen atoms in total. The third-order valence-corrected chi connectivity index (χ3v) is 5.38. The lowest BCUT2D eigenvalue weighted by atomic mass is 10.0. The normalized spacial score (nSPS) is 15.9. The average Bonchev–Trinajstić information content (AvgIpc) is 3.28. The second-order valence-electron chi connectivity index (χ2n) is 8.42. The maximum Gasteiger partial charge on any atom is 0.191 e. The van der Waals surface area contributed by atoms with Gasteiger partial charge in [-0.1, -0.05) is 38.1 Å². The van der Waals surface area contributed by atoms with E-state index in [2.05, 4.69) is 70.7 Å². The van der Waals surface area contributed by atoms with Crippen molar-refractivity contribution < 1.29 is 4.74 Å². The van der Waals surface area contributed by atoms with E-state index >= 15 is 0 Å². The average molecular weight is 556 g/mol. The number of aromatic nitrogens is 3. The van der Waals surface area contributed by atoms with Crippen LogP contribution in [-0.4, -0.2) is 71.1 Å². The summed E-state index contributed by atoms with van der Waals surface area (Å²) in [5.41, 5.74) is 2.38. The molecule has 0 amide bonds. The van der Waals surface area contributed by atoms with Crippen LogP contribution in [-0.2, 0) is 17.8 Å². The molecule has 0 bridgehead atoms. The van der Waals surface area contributed by atoms with Crippen molar-refractivity contribution >= 4 is 29.9 Å². The Kier molecular flexibility index (Phi) is 12.0. The maximum absolute atomic E-state index is 5.54. The maximum atomic E-state index is 5.54. The van der Waals surface area contributed by atoms with Crippen LogP contribution in [0.15, 0.2) is 41.9 Å². The van der Waals surface area contributed by atoms with Crippen molar-refractivity contribution in [1.82, 2.24) is 30.3 Å².